The van der Waals surface area contributed by atoms with Crippen LogP contribution in [0.3, 0.4) is 0 Å². The lowest BCUT2D eigenvalue weighted by atomic mass is 10.1. The lowest BCUT2D eigenvalue weighted by molar-refractivity contribution is -0.139. The SMILES string of the molecule is COc1csc(C(=O)N[C@@H](C(=O)O)c2ccccc2Cl)c1. The maximum atomic E-state index is 12.1. The van der Waals surface area contributed by atoms with E-state index < -0.39 is 17.9 Å². The number of carbonyl (C=O) groups excluding carboxylic acids is 1. The molecule has 1 atom stereocenters. The number of carboxylic acids is 1. The molecule has 21 heavy (non-hydrogen) atoms. The summed E-state index contributed by atoms with van der Waals surface area (Å²) in [7, 11) is 1.49. The smallest absolute Gasteiger partial charge is 0.330 e. The number of hydrogen-bond acceptors (Lipinski definition) is 4. The molecule has 2 N–H and O–H groups in total. The van der Waals surface area contributed by atoms with Crippen LogP contribution in [0.5, 0.6) is 5.75 Å². The second-order valence-electron chi connectivity index (χ2n) is 4.12. The molecular formula is C14H12ClNO4S. The number of rotatable bonds is 5. The molecule has 0 aliphatic heterocycles. The van der Waals surface area contributed by atoms with Crippen molar-refractivity contribution in [3.63, 3.8) is 0 Å². The van der Waals surface area contributed by atoms with E-state index in [9.17, 15) is 14.7 Å². The summed E-state index contributed by atoms with van der Waals surface area (Å²) in [6.07, 6.45) is 0. The second-order valence-corrected chi connectivity index (χ2v) is 5.44. The van der Waals surface area contributed by atoms with Crippen LogP contribution in [0.15, 0.2) is 35.7 Å². The van der Waals surface area contributed by atoms with Crippen molar-refractivity contribution in [1.29, 1.82) is 0 Å². The van der Waals surface area contributed by atoms with Gasteiger partial charge in [-0.3, -0.25) is 4.79 Å². The Bertz CT molecular complexity index is 670. The van der Waals surface area contributed by atoms with Crippen LogP contribution < -0.4 is 10.1 Å². The van der Waals surface area contributed by atoms with E-state index in [1.165, 1.54) is 18.4 Å². The molecule has 0 radical (unpaired) electrons. The number of carbonyl (C=O) groups is 2. The van der Waals surface area contributed by atoms with E-state index in [-0.39, 0.29) is 5.02 Å². The van der Waals surface area contributed by atoms with Crippen LogP contribution in [0.1, 0.15) is 21.3 Å². The molecule has 0 bridgehead atoms. The van der Waals surface area contributed by atoms with Crippen molar-refractivity contribution in [3.8, 4) is 5.75 Å². The summed E-state index contributed by atoms with van der Waals surface area (Å²) in [4.78, 5) is 23.9. The van der Waals surface area contributed by atoms with Crippen molar-refractivity contribution in [3.05, 3.63) is 51.2 Å². The van der Waals surface area contributed by atoms with Crippen LogP contribution in [0.25, 0.3) is 0 Å². The maximum absolute atomic E-state index is 12.1. The third kappa shape index (κ3) is 3.53. The molecular weight excluding hydrogens is 314 g/mol. The number of nitrogens with one attached hydrogen (secondary N) is 1. The van der Waals surface area contributed by atoms with Crippen LogP contribution in [0.4, 0.5) is 0 Å². The number of amides is 1. The summed E-state index contributed by atoms with van der Waals surface area (Å²) in [5.41, 5.74) is 0.337. The molecule has 2 rings (SSSR count). The molecule has 0 spiro atoms. The molecule has 1 aromatic heterocycles. The fraction of sp³-hybridized carbons (Fsp3) is 0.143. The highest BCUT2D eigenvalue weighted by Gasteiger charge is 2.25. The molecule has 110 valence electrons. The Kier molecular flexibility index (Phi) is 4.82. The maximum Gasteiger partial charge on any atom is 0.330 e. The fourth-order valence-electron chi connectivity index (χ4n) is 1.73. The Morgan fingerprint density at radius 2 is 2.10 bits per heavy atom. The van der Waals surface area contributed by atoms with Crippen LogP contribution >= 0.6 is 22.9 Å². The van der Waals surface area contributed by atoms with Crippen molar-refractivity contribution in [2.75, 3.05) is 7.11 Å². The molecule has 0 fully saturated rings. The van der Waals surface area contributed by atoms with E-state index in [2.05, 4.69) is 5.32 Å². The first-order valence-corrected chi connectivity index (χ1v) is 7.19. The van der Waals surface area contributed by atoms with E-state index in [0.717, 1.165) is 0 Å². The predicted molar refractivity (Wildman–Crippen MR) is 80.2 cm³/mol. The molecule has 2 aromatic rings. The minimum atomic E-state index is -1.21. The minimum absolute atomic E-state index is 0.286. The standard InChI is InChI=1S/C14H12ClNO4S/c1-20-8-6-11(21-7-8)13(17)16-12(14(18)19)9-4-2-3-5-10(9)15/h2-7,12H,1H3,(H,16,17)(H,18,19)/t12-/m1/s1. The van der Waals surface area contributed by atoms with Gasteiger partial charge in [0.2, 0.25) is 0 Å². The van der Waals surface area contributed by atoms with Crippen LogP contribution in [0, 0.1) is 0 Å². The summed E-state index contributed by atoms with van der Waals surface area (Å²) < 4.78 is 4.99. The highest BCUT2D eigenvalue weighted by Crippen LogP contribution is 2.25. The van der Waals surface area contributed by atoms with Gasteiger partial charge in [-0.25, -0.2) is 4.79 Å². The molecule has 1 heterocycles. The quantitative estimate of drug-likeness (QED) is 0.886. The van der Waals surface area contributed by atoms with E-state index in [1.54, 1.807) is 35.7 Å². The Morgan fingerprint density at radius 3 is 2.67 bits per heavy atom. The highest BCUT2D eigenvalue weighted by atomic mass is 35.5. The number of ether oxygens (including phenoxy) is 1. The fourth-order valence-corrected chi connectivity index (χ4v) is 2.73. The van der Waals surface area contributed by atoms with E-state index in [4.69, 9.17) is 16.3 Å². The summed E-state index contributed by atoms with van der Waals surface area (Å²) in [6, 6.07) is 6.84. The summed E-state index contributed by atoms with van der Waals surface area (Å²) in [5.74, 6) is -1.12. The number of aliphatic carboxylic acids is 1. The first-order chi connectivity index (χ1) is 10.0. The first kappa shape index (κ1) is 15.3. The van der Waals surface area contributed by atoms with Crippen LogP contribution in [-0.4, -0.2) is 24.1 Å². The van der Waals surface area contributed by atoms with Crippen molar-refractivity contribution in [2.24, 2.45) is 0 Å². The van der Waals surface area contributed by atoms with Gasteiger partial charge >= 0.3 is 5.97 Å². The van der Waals surface area contributed by atoms with Gasteiger partial charge in [-0.1, -0.05) is 29.8 Å². The molecule has 0 saturated carbocycles. The molecule has 1 amide bonds. The Morgan fingerprint density at radius 1 is 1.38 bits per heavy atom. The molecule has 0 aliphatic carbocycles. The summed E-state index contributed by atoms with van der Waals surface area (Å²) in [5, 5.41) is 13.7. The van der Waals surface area contributed by atoms with Gasteiger partial charge in [0.1, 0.15) is 5.75 Å². The van der Waals surface area contributed by atoms with Gasteiger partial charge in [-0.2, -0.15) is 0 Å². The molecule has 1 aromatic carbocycles. The molecule has 0 aliphatic rings. The average molecular weight is 326 g/mol. The number of carboxylic acid groups (broad SMARTS) is 1. The van der Waals surface area contributed by atoms with Crippen molar-refractivity contribution in [1.82, 2.24) is 5.32 Å². The lowest BCUT2D eigenvalue weighted by Crippen LogP contribution is -2.33. The molecule has 0 saturated heterocycles. The second kappa shape index (κ2) is 6.60. The van der Waals surface area contributed by atoms with Crippen LogP contribution in [-0.2, 0) is 4.79 Å². The van der Waals surface area contributed by atoms with Gasteiger partial charge in [-0.05, 0) is 6.07 Å². The van der Waals surface area contributed by atoms with Gasteiger partial charge in [0, 0.05) is 22.0 Å². The van der Waals surface area contributed by atoms with Gasteiger partial charge in [0.25, 0.3) is 5.91 Å². The number of thiophene rings is 1. The third-order valence-corrected chi connectivity index (χ3v) is 4.03. The average Bonchev–Trinajstić information content (AvgIpc) is 2.94. The molecule has 0 unspecified atom stereocenters. The normalized spacial score (nSPS) is 11.7. The number of benzene rings is 1. The van der Waals surface area contributed by atoms with Crippen molar-refractivity contribution in [2.45, 2.75) is 6.04 Å². The predicted octanol–water partition coefficient (Wildman–Crippen LogP) is 2.97. The molecule has 7 heteroatoms. The van der Waals surface area contributed by atoms with Gasteiger partial charge < -0.3 is 15.2 Å². The number of methoxy groups -OCH3 is 1. The third-order valence-electron chi connectivity index (χ3n) is 2.77. The zero-order valence-electron chi connectivity index (χ0n) is 11.0. The first-order valence-electron chi connectivity index (χ1n) is 5.93. The van der Waals surface area contributed by atoms with E-state index in [1.807, 2.05) is 0 Å². The van der Waals surface area contributed by atoms with Crippen LogP contribution in [0.2, 0.25) is 5.02 Å². The largest absolute Gasteiger partial charge is 0.496 e. The Balaban J connectivity index is 2.23. The lowest BCUT2D eigenvalue weighted by Gasteiger charge is -2.15. The van der Waals surface area contributed by atoms with E-state index >= 15 is 0 Å². The number of halogens is 1. The summed E-state index contributed by atoms with van der Waals surface area (Å²) in [6.45, 7) is 0. The minimum Gasteiger partial charge on any atom is -0.496 e. The van der Waals surface area contributed by atoms with Gasteiger partial charge in [0.15, 0.2) is 6.04 Å². The van der Waals surface area contributed by atoms with E-state index in [0.29, 0.717) is 16.2 Å². The van der Waals surface area contributed by atoms with Crippen molar-refractivity contribution >= 4 is 34.8 Å². The highest BCUT2D eigenvalue weighted by molar-refractivity contribution is 7.12. The summed E-state index contributed by atoms with van der Waals surface area (Å²) >= 11 is 7.16. The topological polar surface area (TPSA) is 75.6 Å². The Labute approximate surface area is 130 Å². The Hall–Kier alpha value is -2.05. The molecule has 5 nitrogen and oxygen atoms in total. The van der Waals surface area contributed by atoms with Gasteiger partial charge in [-0.15, -0.1) is 11.3 Å². The van der Waals surface area contributed by atoms with Gasteiger partial charge in [0.05, 0.1) is 12.0 Å². The zero-order valence-corrected chi connectivity index (χ0v) is 12.6. The zero-order chi connectivity index (χ0) is 15.4. The van der Waals surface area contributed by atoms with Crippen molar-refractivity contribution < 1.29 is 19.4 Å². The monoisotopic (exact) mass is 325 g/mol. The number of hydrogen-bond donors (Lipinski definition) is 2.